The first-order chi connectivity index (χ1) is 8.13. The zero-order valence-corrected chi connectivity index (χ0v) is 11.3. The van der Waals surface area contributed by atoms with Crippen molar-refractivity contribution in [2.24, 2.45) is 5.41 Å². The highest BCUT2D eigenvalue weighted by molar-refractivity contribution is 9.10. The lowest BCUT2D eigenvalue weighted by molar-refractivity contribution is 0.0892. The summed E-state index contributed by atoms with van der Waals surface area (Å²) in [4.78, 5) is 0. The molecular weight excluding hydrogens is 285 g/mol. The number of aliphatic hydroxyl groups excluding tert-OH is 1. The van der Waals surface area contributed by atoms with E-state index in [1.807, 2.05) is 6.07 Å². The molecule has 1 fully saturated rings. The molecule has 0 aromatic heterocycles. The van der Waals surface area contributed by atoms with Gasteiger partial charge in [-0.25, -0.2) is 4.39 Å². The molecule has 0 aliphatic carbocycles. The van der Waals surface area contributed by atoms with Crippen molar-refractivity contribution in [3.8, 4) is 0 Å². The number of halogens is 2. The Bertz CT molecular complexity index is 371. The summed E-state index contributed by atoms with van der Waals surface area (Å²) in [5.74, 6) is -0.226. The van der Waals surface area contributed by atoms with Gasteiger partial charge in [0.15, 0.2) is 0 Å². The molecule has 0 radical (unpaired) electrons. The summed E-state index contributed by atoms with van der Waals surface area (Å²) < 4.78 is 14.1. The Hall–Kier alpha value is -0.450. The molecule has 2 nitrogen and oxygen atoms in total. The van der Waals surface area contributed by atoms with E-state index in [-0.39, 0.29) is 17.8 Å². The molecule has 0 saturated carbocycles. The Morgan fingerprint density at radius 3 is 2.59 bits per heavy atom. The minimum absolute atomic E-state index is 0.0848. The number of piperidine rings is 1. The third kappa shape index (κ3) is 3.27. The van der Waals surface area contributed by atoms with Crippen LogP contribution in [-0.4, -0.2) is 24.8 Å². The van der Waals surface area contributed by atoms with Gasteiger partial charge in [-0.2, -0.15) is 0 Å². The highest BCUT2D eigenvalue weighted by atomic mass is 79.9. The van der Waals surface area contributed by atoms with Gasteiger partial charge in [0.2, 0.25) is 0 Å². The summed E-state index contributed by atoms with van der Waals surface area (Å²) in [6.45, 7) is 2.02. The van der Waals surface area contributed by atoms with Crippen LogP contribution in [-0.2, 0) is 6.42 Å². The SMILES string of the molecule is OCC1(Cc2cc(F)cc(Br)c2)CCNCC1. The molecule has 1 aromatic carbocycles. The van der Waals surface area contributed by atoms with Gasteiger partial charge < -0.3 is 10.4 Å². The molecule has 2 rings (SSSR count). The predicted octanol–water partition coefficient (Wildman–Crippen LogP) is 2.49. The fraction of sp³-hybridized carbons (Fsp3) is 0.538. The van der Waals surface area contributed by atoms with Crippen LogP contribution < -0.4 is 5.32 Å². The second-order valence-corrected chi connectivity index (χ2v) is 5.78. The molecule has 0 unspecified atom stereocenters. The van der Waals surface area contributed by atoms with E-state index in [1.54, 1.807) is 6.07 Å². The van der Waals surface area contributed by atoms with Crippen molar-refractivity contribution in [2.75, 3.05) is 19.7 Å². The van der Waals surface area contributed by atoms with E-state index in [0.29, 0.717) is 0 Å². The van der Waals surface area contributed by atoms with Gasteiger partial charge >= 0.3 is 0 Å². The largest absolute Gasteiger partial charge is 0.396 e. The summed E-state index contributed by atoms with van der Waals surface area (Å²) in [5, 5.41) is 12.9. The van der Waals surface area contributed by atoms with Crippen LogP contribution in [0.1, 0.15) is 18.4 Å². The minimum atomic E-state index is -0.226. The van der Waals surface area contributed by atoms with Crippen LogP contribution in [0.4, 0.5) is 4.39 Å². The molecule has 0 amide bonds. The van der Waals surface area contributed by atoms with Crippen molar-refractivity contribution in [1.29, 1.82) is 0 Å². The van der Waals surface area contributed by atoms with Gasteiger partial charge in [0.25, 0.3) is 0 Å². The maximum absolute atomic E-state index is 13.3. The topological polar surface area (TPSA) is 32.3 Å². The molecule has 2 N–H and O–H groups in total. The Morgan fingerprint density at radius 2 is 2.00 bits per heavy atom. The van der Waals surface area contributed by atoms with Crippen molar-refractivity contribution in [1.82, 2.24) is 5.32 Å². The number of nitrogens with one attached hydrogen (secondary N) is 1. The standard InChI is InChI=1S/C13H17BrFNO/c14-11-5-10(6-12(15)7-11)8-13(9-17)1-3-16-4-2-13/h5-7,16-17H,1-4,8-9H2. The Morgan fingerprint density at radius 1 is 1.29 bits per heavy atom. The first kappa shape index (κ1) is 13.0. The van der Waals surface area contributed by atoms with Crippen molar-refractivity contribution < 1.29 is 9.50 Å². The molecule has 1 aromatic rings. The fourth-order valence-corrected chi connectivity index (χ4v) is 3.01. The summed E-state index contributed by atoms with van der Waals surface area (Å²) in [7, 11) is 0. The summed E-state index contributed by atoms with van der Waals surface area (Å²) >= 11 is 3.30. The summed E-state index contributed by atoms with van der Waals surface area (Å²) in [6, 6.07) is 4.95. The van der Waals surface area contributed by atoms with Crippen molar-refractivity contribution in [3.05, 3.63) is 34.1 Å². The highest BCUT2D eigenvalue weighted by Crippen LogP contribution is 2.33. The zero-order valence-electron chi connectivity index (χ0n) is 9.68. The molecule has 0 spiro atoms. The first-order valence-electron chi connectivity index (χ1n) is 5.90. The molecule has 1 aliphatic rings. The normalized spacial score (nSPS) is 19.2. The van der Waals surface area contributed by atoms with Crippen LogP contribution in [0.25, 0.3) is 0 Å². The average molecular weight is 302 g/mol. The van der Waals surface area contributed by atoms with E-state index in [2.05, 4.69) is 21.2 Å². The smallest absolute Gasteiger partial charge is 0.124 e. The molecule has 1 saturated heterocycles. The van der Waals surface area contributed by atoms with Crippen LogP contribution in [0.15, 0.2) is 22.7 Å². The van der Waals surface area contributed by atoms with E-state index >= 15 is 0 Å². The molecule has 1 aliphatic heterocycles. The first-order valence-corrected chi connectivity index (χ1v) is 6.69. The lowest BCUT2D eigenvalue weighted by atomic mass is 9.75. The number of hydrogen-bond donors (Lipinski definition) is 2. The molecular formula is C13H17BrFNO. The average Bonchev–Trinajstić information content (AvgIpc) is 2.29. The van der Waals surface area contributed by atoms with E-state index < -0.39 is 0 Å². The number of rotatable bonds is 3. The van der Waals surface area contributed by atoms with Gasteiger partial charge in [-0.1, -0.05) is 15.9 Å². The van der Waals surface area contributed by atoms with Gasteiger partial charge in [0, 0.05) is 11.1 Å². The molecule has 1 heterocycles. The monoisotopic (exact) mass is 301 g/mol. The van der Waals surface area contributed by atoms with Gasteiger partial charge in [0.1, 0.15) is 5.82 Å². The summed E-state index contributed by atoms with van der Waals surface area (Å²) in [6.07, 6.45) is 2.62. The number of hydrogen-bond acceptors (Lipinski definition) is 2. The molecule has 0 atom stereocenters. The Kier molecular flexibility index (Phi) is 4.17. The fourth-order valence-electron chi connectivity index (χ4n) is 2.49. The molecule has 4 heteroatoms. The quantitative estimate of drug-likeness (QED) is 0.899. The van der Waals surface area contributed by atoms with Crippen molar-refractivity contribution in [2.45, 2.75) is 19.3 Å². The molecule has 94 valence electrons. The highest BCUT2D eigenvalue weighted by Gasteiger charge is 2.31. The molecule has 17 heavy (non-hydrogen) atoms. The molecule has 0 bridgehead atoms. The Balaban J connectivity index is 2.17. The third-order valence-corrected chi connectivity index (χ3v) is 3.96. The Labute approximate surface area is 109 Å². The maximum atomic E-state index is 13.3. The second-order valence-electron chi connectivity index (χ2n) is 4.86. The predicted molar refractivity (Wildman–Crippen MR) is 69.4 cm³/mol. The van der Waals surface area contributed by atoms with Crippen LogP contribution in [0.2, 0.25) is 0 Å². The van der Waals surface area contributed by atoms with Crippen LogP contribution >= 0.6 is 15.9 Å². The van der Waals surface area contributed by atoms with E-state index in [9.17, 15) is 9.50 Å². The van der Waals surface area contributed by atoms with Crippen LogP contribution in [0, 0.1) is 11.2 Å². The van der Waals surface area contributed by atoms with E-state index in [1.165, 1.54) is 6.07 Å². The van der Waals surface area contributed by atoms with Crippen molar-refractivity contribution in [3.63, 3.8) is 0 Å². The number of benzene rings is 1. The van der Waals surface area contributed by atoms with Crippen LogP contribution in [0.5, 0.6) is 0 Å². The van der Waals surface area contributed by atoms with Gasteiger partial charge in [-0.05, 0) is 61.5 Å². The maximum Gasteiger partial charge on any atom is 0.124 e. The van der Waals surface area contributed by atoms with E-state index in [0.717, 1.165) is 42.4 Å². The van der Waals surface area contributed by atoms with Gasteiger partial charge in [-0.3, -0.25) is 0 Å². The van der Waals surface area contributed by atoms with E-state index in [4.69, 9.17) is 0 Å². The second kappa shape index (κ2) is 5.46. The zero-order chi connectivity index (χ0) is 12.3. The minimum Gasteiger partial charge on any atom is -0.396 e. The van der Waals surface area contributed by atoms with Gasteiger partial charge in [-0.15, -0.1) is 0 Å². The van der Waals surface area contributed by atoms with Gasteiger partial charge in [0.05, 0.1) is 0 Å². The van der Waals surface area contributed by atoms with Crippen molar-refractivity contribution >= 4 is 15.9 Å². The summed E-state index contributed by atoms with van der Waals surface area (Å²) in [5.41, 5.74) is 0.867. The van der Waals surface area contributed by atoms with Crippen LogP contribution in [0.3, 0.4) is 0 Å². The third-order valence-electron chi connectivity index (χ3n) is 3.50. The number of aliphatic hydroxyl groups is 1. The lowest BCUT2D eigenvalue weighted by Gasteiger charge is -2.36. The lowest BCUT2D eigenvalue weighted by Crippen LogP contribution is -2.40.